The van der Waals surface area contributed by atoms with Gasteiger partial charge in [-0.3, -0.25) is 0 Å². The van der Waals surface area contributed by atoms with Crippen LogP contribution in [0, 0.1) is 33.6 Å². The van der Waals surface area contributed by atoms with Gasteiger partial charge in [0.1, 0.15) is 23.0 Å². The van der Waals surface area contributed by atoms with Gasteiger partial charge in [0.15, 0.2) is 0 Å². The largest absolute Gasteiger partial charge is 0.508 e. The van der Waals surface area contributed by atoms with Crippen molar-refractivity contribution >= 4 is 0 Å². The molecule has 4 nitrogen and oxygen atoms in total. The molecule has 0 atom stereocenters. The molecular formula is C46H66O4. The molecule has 0 saturated heterocycles. The molecule has 0 heterocycles. The molecule has 5 rings (SSSR count). The van der Waals surface area contributed by atoms with Crippen LogP contribution in [0.15, 0.2) is 60.7 Å². The first kappa shape index (κ1) is 42.2. The fourth-order valence-electron chi connectivity index (χ4n) is 7.29. The molecule has 0 radical (unpaired) electrons. The maximum absolute atomic E-state index is 11.0. The van der Waals surface area contributed by atoms with Gasteiger partial charge >= 0.3 is 0 Å². The predicted octanol–water partition coefficient (Wildman–Crippen LogP) is 12.4. The fourth-order valence-corrected chi connectivity index (χ4v) is 7.29. The Labute approximate surface area is 304 Å². The molecule has 0 unspecified atom stereocenters. The lowest BCUT2D eigenvalue weighted by Crippen LogP contribution is -2.37. The second kappa shape index (κ2) is 18.4. The van der Waals surface area contributed by atoms with Gasteiger partial charge < -0.3 is 20.4 Å². The smallest absolute Gasteiger partial charge is 0.122 e. The minimum atomic E-state index is -0.0633. The van der Waals surface area contributed by atoms with Gasteiger partial charge in [-0.1, -0.05) is 111 Å². The Hall–Kier alpha value is -3.92. The zero-order valence-electron chi connectivity index (χ0n) is 33.4. The highest BCUT2D eigenvalue weighted by Crippen LogP contribution is 2.49. The highest BCUT2D eigenvalue weighted by atomic mass is 16.3. The van der Waals surface area contributed by atoms with Gasteiger partial charge in [0.05, 0.1) is 0 Å². The number of aromatic hydroxyl groups is 4. The van der Waals surface area contributed by atoms with Gasteiger partial charge in [-0.05, 0) is 138 Å². The number of rotatable bonds is 7. The summed E-state index contributed by atoms with van der Waals surface area (Å²) < 4.78 is 0. The summed E-state index contributed by atoms with van der Waals surface area (Å²) in [4.78, 5) is 0. The molecule has 1 aliphatic carbocycles. The van der Waals surface area contributed by atoms with E-state index in [0.717, 1.165) is 70.2 Å². The highest BCUT2D eigenvalue weighted by Gasteiger charge is 2.40. The van der Waals surface area contributed by atoms with E-state index in [9.17, 15) is 20.4 Å². The molecule has 0 bridgehead atoms. The second-order valence-corrected chi connectivity index (χ2v) is 14.3. The molecule has 0 aromatic heterocycles. The maximum atomic E-state index is 11.0. The number of hydrogen-bond donors (Lipinski definition) is 4. The zero-order valence-corrected chi connectivity index (χ0v) is 33.4. The summed E-state index contributed by atoms with van der Waals surface area (Å²) in [6.07, 6.45) is 5.58. The summed E-state index contributed by atoms with van der Waals surface area (Å²) in [6, 6.07) is 20.0. The molecule has 4 heteroatoms. The monoisotopic (exact) mass is 682 g/mol. The third-order valence-electron chi connectivity index (χ3n) is 10.6. The fraction of sp³-hybridized carbons (Fsp3) is 0.478. The van der Waals surface area contributed by atoms with Crippen molar-refractivity contribution in [2.45, 2.75) is 139 Å². The van der Waals surface area contributed by atoms with Crippen LogP contribution >= 0.6 is 0 Å². The third kappa shape index (κ3) is 9.65. The minimum Gasteiger partial charge on any atom is -0.508 e. The maximum Gasteiger partial charge on any atom is 0.122 e. The van der Waals surface area contributed by atoms with Crippen molar-refractivity contribution in [1.82, 2.24) is 0 Å². The van der Waals surface area contributed by atoms with Gasteiger partial charge in [-0.25, -0.2) is 0 Å². The van der Waals surface area contributed by atoms with E-state index in [4.69, 9.17) is 0 Å². The van der Waals surface area contributed by atoms with Gasteiger partial charge in [-0.15, -0.1) is 0 Å². The van der Waals surface area contributed by atoms with Crippen LogP contribution in [0.3, 0.4) is 0 Å². The van der Waals surface area contributed by atoms with Crippen LogP contribution in [0.5, 0.6) is 23.0 Å². The highest BCUT2D eigenvalue weighted by molar-refractivity contribution is 5.50. The van der Waals surface area contributed by atoms with E-state index < -0.39 is 0 Å². The number of phenolic OH excluding ortho intramolecular Hbond substituents is 4. The van der Waals surface area contributed by atoms with E-state index in [2.05, 4.69) is 45.0 Å². The van der Waals surface area contributed by atoms with Crippen molar-refractivity contribution in [3.8, 4) is 23.0 Å². The molecule has 1 fully saturated rings. The zero-order chi connectivity index (χ0) is 38.0. The molecule has 0 spiro atoms. The summed E-state index contributed by atoms with van der Waals surface area (Å²) >= 11 is 0. The number of aryl methyl sites for hydroxylation is 4. The van der Waals surface area contributed by atoms with Crippen LogP contribution in [-0.2, 0) is 23.7 Å². The van der Waals surface area contributed by atoms with Crippen LogP contribution in [0.25, 0.3) is 0 Å². The number of hydrogen-bond acceptors (Lipinski definition) is 4. The molecule has 4 N–H and O–H groups in total. The van der Waals surface area contributed by atoms with Gasteiger partial charge in [0.25, 0.3) is 0 Å². The summed E-state index contributed by atoms with van der Waals surface area (Å²) in [5, 5.41) is 41.9. The Morgan fingerprint density at radius 2 is 1.00 bits per heavy atom. The standard InChI is InChI=1S/C40H48O4.3C2H6/c1-24-16-28(8-10-35(24)41)20-30-22-33(18-26(3)37(30)43)39(5,6)32-12-14-40(7,15-13-32)34-19-27(4)38(44)31(23-34)21-29-9-11-36(42)25(2)17-29;3*1-2/h8-11,16-19,22-23,32,41-44H,12-15,20-21H2,1-7H3;3*1-2H3. The Balaban J connectivity index is 0.00000137. The average Bonchev–Trinajstić information content (AvgIpc) is 3.11. The summed E-state index contributed by atoms with van der Waals surface area (Å²) in [6.45, 7) is 26.9. The molecule has 1 aliphatic rings. The van der Waals surface area contributed by atoms with Gasteiger partial charge in [-0.2, -0.15) is 0 Å². The SMILES string of the molecule is CC.CC.CC.Cc1cc(Cc2cc(C3(C)CCC(C(C)(C)c4cc(C)c(O)c(Cc5ccc(O)c(C)c5)c4)CC3)cc(C)c2O)ccc1O. The predicted molar refractivity (Wildman–Crippen MR) is 213 cm³/mol. The van der Waals surface area contributed by atoms with Crippen LogP contribution in [-0.4, -0.2) is 20.4 Å². The van der Waals surface area contributed by atoms with Crippen LogP contribution in [0.2, 0.25) is 0 Å². The van der Waals surface area contributed by atoms with Crippen LogP contribution in [0.4, 0.5) is 0 Å². The lowest BCUT2D eigenvalue weighted by Gasteiger charge is -2.44. The molecular weight excluding hydrogens is 617 g/mol. The van der Waals surface area contributed by atoms with Crippen molar-refractivity contribution in [2.75, 3.05) is 0 Å². The average molecular weight is 683 g/mol. The number of benzene rings is 4. The Morgan fingerprint density at radius 1 is 0.580 bits per heavy atom. The van der Waals surface area contributed by atoms with E-state index in [-0.39, 0.29) is 10.8 Å². The van der Waals surface area contributed by atoms with E-state index in [1.54, 1.807) is 12.1 Å². The second-order valence-electron chi connectivity index (χ2n) is 14.3. The first-order valence-electron chi connectivity index (χ1n) is 18.9. The Morgan fingerprint density at radius 3 is 1.44 bits per heavy atom. The lowest BCUT2D eigenvalue weighted by atomic mass is 9.60. The van der Waals surface area contributed by atoms with Gasteiger partial charge in [0, 0.05) is 12.8 Å². The van der Waals surface area contributed by atoms with Crippen molar-refractivity contribution in [2.24, 2.45) is 5.92 Å². The van der Waals surface area contributed by atoms with Crippen molar-refractivity contribution in [1.29, 1.82) is 0 Å². The van der Waals surface area contributed by atoms with E-state index in [0.29, 0.717) is 41.8 Å². The minimum absolute atomic E-state index is 0.0252. The molecule has 4 aromatic rings. The summed E-state index contributed by atoms with van der Waals surface area (Å²) in [5.74, 6) is 1.80. The number of phenols is 4. The van der Waals surface area contributed by atoms with Crippen molar-refractivity contribution in [3.05, 3.63) is 116 Å². The van der Waals surface area contributed by atoms with Crippen molar-refractivity contribution < 1.29 is 20.4 Å². The molecule has 50 heavy (non-hydrogen) atoms. The topological polar surface area (TPSA) is 80.9 Å². The van der Waals surface area contributed by atoms with Gasteiger partial charge in [0.2, 0.25) is 0 Å². The first-order valence-corrected chi connectivity index (χ1v) is 18.9. The van der Waals surface area contributed by atoms with E-state index in [1.165, 1.54) is 11.1 Å². The van der Waals surface area contributed by atoms with Crippen LogP contribution < -0.4 is 0 Å². The van der Waals surface area contributed by atoms with Crippen molar-refractivity contribution in [3.63, 3.8) is 0 Å². The van der Waals surface area contributed by atoms with E-state index in [1.807, 2.05) is 93.5 Å². The van der Waals surface area contributed by atoms with E-state index >= 15 is 0 Å². The molecule has 1 saturated carbocycles. The van der Waals surface area contributed by atoms with Crippen LogP contribution in [0.1, 0.15) is 144 Å². The Bertz CT molecular complexity index is 1690. The quantitative estimate of drug-likeness (QED) is 0.156. The first-order chi connectivity index (χ1) is 23.7. The molecule has 4 aromatic carbocycles. The third-order valence-corrected chi connectivity index (χ3v) is 10.6. The normalized spacial score (nSPS) is 16.9. The molecule has 274 valence electrons. The lowest BCUT2D eigenvalue weighted by molar-refractivity contribution is 0.178. The molecule has 0 aliphatic heterocycles. The summed E-state index contributed by atoms with van der Waals surface area (Å²) in [7, 11) is 0. The summed E-state index contributed by atoms with van der Waals surface area (Å²) in [5.41, 5.74) is 10.0. The Kier molecular flexibility index (Phi) is 15.5. The molecule has 0 amide bonds.